The van der Waals surface area contributed by atoms with E-state index in [2.05, 4.69) is 13.5 Å². The fourth-order valence-corrected chi connectivity index (χ4v) is 7.83. The number of fused-ring (bicyclic) bond motifs is 1. The molecule has 144 valence electrons. The lowest BCUT2D eigenvalue weighted by molar-refractivity contribution is -0.369. The highest BCUT2D eigenvalue weighted by Crippen LogP contribution is 2.73. The average molecular weight is 364 g/mol. The summed E-state index contributed by atoms with van der Waals surface area (Å²) in [6.07, 6.45) is -1.32. The van der Waals surface area contributed by atoms with Crippen LogP contribution in [0, 0.1) is 34.0 Å². The number of hydrogen-bond donors (Lipinski definition) is 4. The van der Waals surface area contributed by atoms with Gasteiger partial charge in [-0.1, -0.05) is 13.5 Å². The molecule has 0 aromatic carbocycles. The molecule has 10 unspecified atom stereocenters. The molecule has 1 aliphatic heterocycles. The molecule has 6 nitrogen and oxygen atoms in total. The van der Waals surface area contributed by atoms with Gasteiger partial charge in [0, 0.05) is 5.92 Å². The van der Waals surface area contributed by atoms with Crippen molar-refractivity contribution in [2.75, 3.05) is 6.61 Å². The van der Waals surface area contributed by atoms with Crippen LogP contribution >= 0.6 is 0 Å². The summed E-state index contributed by atoms with van der Waals surface area (Å²) in [5.74, 6) is -1.30. The van der Waals surface area contributed by atoms with Crippen LogP contribution in [0.15, 0.2) is 12.2 Å². The first kappa shape index (κ1) is 17.3. The van der Waals surface area contributed by atoms with Gasteiger partial charge in [0.15, 0.2) is 12.1 Å². The van der Waals surface area contributed by atoms with E-state index in [1.807, 2.05) is 0 Å². The van der Waals surface area contributed by atoms with Crippen LogP contribution in [0.5, 0.6) is 0 Å². The highest BCUT2D eigenvalue weighted by molar-refractivity contribution is 6.04. The van der Waals surface area contributed by atoms with E-state index in [1.165, 1.54) is 0 Å². The van der Waals surface area contributed by atoms with Gasteiger partial charge in [-0.25, -0.2) is 0 Å². The predicted molar refractivity (Wildman–Crippen MR) is 90.7 cm³/mol. The van der Waals surface area contributed by atoms with Gasteiger partial charge in [0.05, 0.1) is 35.7 Å². The number of carbonyl (C=O) groups excluding carboxylic acids is 1. The number of hydrogen-bond acceptors (Lipinski definition) is 6. The molecule has 26 heavy (non-hydrogen) atoms. The monoisotopic (exact) mass is 364 g/mol. The molecule has 0 amide bonds. The van der Waals surface area contributed by atoms with Crippen molar-refractivity contribution in [3.8, 4) is 0 Å². The van der Waals surface area contributed by atoms with E-state index >= 15 is 0 Å². The predicted octanol–water partition coefficient (Wildman–Crippen LogP) is 0.376. The minimum absolute atomic E-state index is 0.154. The van der Waals surface area contributed by atoms with Crippen molar-refractivity contribution < 1.29 is 30.0 Å². The number of Topliss-reactive ketones (excluding diaryl/α,β-unsaturated/α-hetero) is 1. The summed E-state index contributed by atoms with van der Waals surface area (Å²) < 4.78 is 5.76. The van der Waals surface area contributed by atoms with E-state index in [0.717, 1.165) is 6.42 Å². The Hall–Kier alpha value is -0.790. The summed E-state index contributed by atoms with van der Waals surface area (Å²) in [6.45, 7) is 6.38. The highest BCUT2D eigenvalue weighted by Gasteiger charge is 2.79. The molecular formula is C20H28O6. The first-order valence-electron chi connectivity index (χ1n) is 9.79. The number of rotatable bonds is 0. The Bertz CT molecular complexity index is 674. The van der Waals surface area contributed by atoms with Crippen molar-refractivity contribution in [1.29, 1.82) is 0 Å². The Morgan fingerprint density at radius 2 is 1.81 bits per heavy atom. The minimum atomic E-state index is -1.38. The van der Waals surface area contributed by atoms with E-state index in [9.17, 15) is 25.2 Å². The van der Waals surface area contributed by atoms with Crippen molar-refractivity contribution in [1.82, 2.24) is 0 Å². The standard InChI is InChI=1S/C20H28O6/c1-9-10-3-4-11-19-12(7-14(22)20(11,15(9)23)16(10)24)18(2,6-5-13(19)21)8-26-17(19)25/h10-14,16-17,21-22,24-25H,1,3-8H2,2H3. The molecule has 10 atom stereocenters. The molecule has 1 saturated heterocycles. The number of carbonyl (C=O) groups is 1. The molecule has 0 aromatic rings. The van der Waals surface area contributed by atoms with Crippen LogP contribution in [0.25, 0.3) is 0 Å². The quantitative estimate of drug-likeness (QED) is 0.463. The highest BCUT2D eigenvalue weighted by atomic mass is 16.6. The molecule has 1 heterocycles. The maximum absolute atomic E-state index is 13.3. The average Bonchev–Trinajstić information content (AvgIpc) is 2.71. The van der Waals surface area contributed by atoms with Crippen molar-refractivity contribution in [2.24, 2.45) is 34.0 Å². The minimum Gasteiger partial charge on any atom is -0.392 e. The summed E-state index contributed by atoms with van der Waals surface area (Å²) in [5, 5.41) is 44.4. The molecule has 4 bridgehead atoms. The Kier molecular flexibility index (Phi) is 3.31. The fourth-order valence-electron chi connectivity index (χ4n) is 7.83. The second kappa shape index (κ2) is 4.97. The van der Waals surface area contributed by atoms with Crippen LogP contribution in [0.3, 0.4) is 0 Å². The van der Waals surface area contributed by atoms with Gasteiger partial charge in [-0.3, -0.25) is 4.79 Å². The van der Waals surface area contributed by atoms with Crippen molar-refractivity contribution >= 4 is 5.78 Å². The molecule has 4 aliphatic carbocycles. The molecule has 4 saturated carbocycles. The van der Waals surface area contributed by atoms with E-state index in [-0.39, 0.29) is 29.5 Å². The Labute approximate surface area is 152 Å². The molecular weight excluding hydrogens is 336 g/mol. The number of aliphatic hydroxyl groups is 4. The van der Waals surface area contributed by atoms with Gasteiger partial charge in [-0.2, -0.15) is 0 Å². The smallest absolute Gasteiger partial charge is 0.170 e. The molecule has 4 N–H and O–H groups in total. The van der Waals surface area contributed by atoms with E-state index < -0.39 is 41.3 Å². The molecule has 1 spiro atoms. The normalized spacial score (nSPS) is 61.2. The number of ketones is 1. The summed E-state index contributed by atoms with van der Waals surface area (Å²) in [4.78, 5) is 13.3. The van der Waals surface area contributed by atoms with Crippen LogP contribution < -0.4 is 0 Å². The van der Waals surface area contributed by atoms with Gasteiger partial charge < -0.3 is 25.2 Å². The maximum atomic E-state index is 13.3. The lowest BCUT2D eigenvalue weighted by Gasteiger charge is -2.70. The Morgan fingerprint density at radius 1 is 1.08 bits per heavy atom. The SMILES string of the molecule is C=C1C(=O)C23C(O)CC4C5(C)CCC(O)C4(C(O)OC5)C2CCC1C3O. The summed E-state index contributed by atoms with van der Waals surface area (Å²) in [6, 6.07) is 0. The van der Waals surface area contributed by atoms with Crippen LogP contribution in [0.1, 0.15) is 39.0 Å². The lowest BCUT2D eigenvalue weighted by atomic mass is 9.37. The van der Waals surface area contributed by atoms with Crippen LogP contribution in [-0.2, 0) is 9.53 Å². The third-order valence-corrected chi connectivity index (χ3v) is 8.97. The topological polar surface area (TPSA) is 107 Å². The molecule has 0 aromatic heterocycles. The third-order valence-electron chi connectivity index (χ3n) is 8.97. The zero-order valence-electron chi connectivity index (χ0n) is 15.1. The molecule has 5 fully saturated rings. The summed E-state index contributed by atoms with van der Waals surface area (Å²) >= 11 is 0. The van der Waals surface area contributed by atoms with Crippen molar-refractivity contribution in [3.05, 3.63) is 12.2 Å². The van der Waals surface area contributed by atoms with Crippen LogP contribution in [-0.4, -0.2) is 57.4 Å². The second-order valence-corrected chi connectivity index (χ2v) is 9.64. The molecule has 0 radical (unpaired) electrons. The Balaban J connectivity index is 1.76. The van der Waals surface area contributed by atoms with Gasteiger partial charge in [0.25, 0.3) is 0 Å². The zero-order valence-corrected chi connectivity index (χ0v) is 15.1. The van der Waals surface area contributed by atoms with Crippen molar-refractivity contribution in [2.45, 2.75) is 63.6 Å². The number of ether oxygens (including phenoxy) is 1. The van der Waals surface area contributed by atoms with E-state index in [4.69, 9.17) is 4.74 Å². The van der Waals surface area contributed by atoms with Gasteiger partial charge in [0.1, 0.15) is 0 Å². The van der Waals surface area contributed by atoms with Gasteiger partial charge >= 0.3 is 0 Å². The zero-order chi connectivity index (χ0) is 18.6. The van der Waals surface area contributed by atoms with E-state index in [0.29, 0.717) is 31.4 Å². The molecule has 6 heteroatoms. The first-order chi connectivity index (χ1) is 12.2. The van der Waals surface area contributed by atoms with E-state index in [1.54, 1.807) is 0 Å². The second-order valence-electron chi connectivity index (χ2n) is 9.64. The lowest BCUT2D eigenvalue weighted by Crippen LogP contribution is -2.76. The van der Waals surface area contributed by atoms with Crippen LogP contribution in [0.4, 0.5) is 0 Å². The molecule has 5 aliphatic rings. The van der Waals surface area contributed by atoms with Gasteiger partial charge in [-0.05, 0) is 54.9 Å². The third kappa shape index (κ3) is 1.54. The maximum Gasteiger partial charge on any atom is 0.170 e. The largest absolute Gasteiger partial charge is 0.392 e. The van der Waals surface area contributed by atoms with Gasteiger partial charge in [-0.15, -0.1) is 0 Å². The Morgan fingerprint density at radius 3 is 2.54 bits per heavy atom. The fraction of sp³-hybridized carbons (Fsp3) is 0.850. The summed E-state index contributed by atoms with van der Waals surface area (Å²) in [5.41, 5.74) is -2.29. The van der Waals surface area contributed by atoms with Gasteiger partial charge in [0.2, 0.25) is 0 Å². The number of aliphatic hydroxyl groups excluding tert-OH is 4. The van der Waals surface area contributed by atoms with Crippen molar-refractivity contribution in [3.63, 3.8) is 0 Å². The first-order valence-corrected chi connectivity index (χ1v) is 9.79. The molecule has 5 rings (SSSR count). The summed E-state index contributed by atoms with van der Waals surface area (Å²) in [7, 11) is 0. The van der Waals surface area contributed by atoms with Crippen LogP contribution in [0.2, 0.25) is 0 Å².